The Kier molecular flexibility index (Phi) is 11.7. The molecular formula is C28H36N2O6. The topological polar surface area (TPSA) is 123 Å². The molecule has 1 atom stereocenters. The van der Waals surface area contributed by atoms with Crippen molar-refractivity contribution >= 4 is 6.09 Å². The van der Waals surface area contributed by atoms with E-state index in [1.54, 1.807) is 14.2 Å². The molecule has 0 heterocycles. The largest absolute Gasteiger partial charge is 0.497 e. The highest BCUT2D eigenvalue weighted by atomic mass is 16.5. The second-order valence-corrected chi connectivity index (χ2v) is 7.82. The van der Waals surface area contributed by atoms with Crippen molar-refractivity contribution < 1.29 is 29.2 Å². The van der Waals surface area contributed by atoms with Gasteiger partial charge in [-0.2, -0.15) is 0 Å². The third-order valence-electron chi connectivity index (χ3n) is 5.70. The van der Waals surface area contributed by atoms with Gasteiger partial charge in [0.2, 0.25) is 0 Å². The Morgan fingerprint density at radius 2 is 1.31 bits per heavy atom. The van der Waals surface area contributed by atoms with E-state index in [4.69, 9.17) is 19.3 Å². The minimum Gasteiger partial charge on any atom is -0.497 e. The van der Waals surface area contributed by atoms with Crippen LogP contribution in [-0.2, 0) is 10.3 Å². The smallest absolute Gasteiger partial charge is 0.404 e. The number of methoxy groups -OCH3 is 2. The third-order valence-corrected chi connectivity index (χ3v) is 5.70. The Labute approximate surface area is 212 Å². The number of ether oxygens (including phenoxy) is 3. The van der Waals surface area contributed by atoms with Crippen molar-refractivity contribution in [1.29, 1.82) is 0 Å². The summed E-state index contributed by atoms with van der Waals surface area (Å²) < 4.78 is 17.4. The zero-order valence-electron chi connectivity index (χ0n) is 21.0. The van der Waals surface area contributed by atoms with Gasteiger partial charge in [0.25, 0.3) is 0 Å². The monoisotopic (exact) mass is 496 g/mol. The molecule has 5 N–H and O–H groups in total. The summed E-state index contributed by atoms with van der Waals surface area (Å²) in [7, 11) is 4.75. The molecular weight excluding hydrogens is 460 g/mol. The maximum absolute atomic E-state index is 10.7. The van der Waals surface area contributed by atoms with Crippen molar-refractivity contribution in [1.82, 2.24) is 5.32 Å². The Bertz CT molecular complexity index is 979. The summed E-state index contributed by atoms with van der Waals surface area (Å²) in [6.45, 7) is 0.429. The molecule has 0 radical (unpaired) electrons. The van der Waals surface area contributed by atoms with Crippen LogP contribution < -0.4 is 20.5 Å². The number of benzene rings is 3. The summed E-state index contributed by atoms with van der Waals surface area (Å²) in [5.41, 5.74) is 6.31. The van der Waals surface area contributed by atoms with Crippen molar-refractivity contribution in [2.24, 2.45) is 5.73 Å². The summed E-state index contributed by atoms with van der Waals surface area (Å²) in [5.74, 6) is 1.48. The van der Waals surface area contributed by atoms with E-state index in [-0.39, 0.29) is 13.2 Å². The number of nitrogens with one attached hydrogen (secondary N) is 1. The number of aliphatic hydroxyl groups is 1. The molecule has 0 saturated heterocycles. The van der Waals surface area contributed by atoms with Crippen LogP contribution in [0.15, 0.2) is 78.9 Å². The van der Waals surface area contributed by atoms with Crippen LogP contribution >= 0.6 is 0 Å². The van der Waals surface area contributed by atoms with Gasteiger partial charge >= 0.3 is 6.09 Å². The van der Waals surface area contributed by atoms with Crippen molar-refractivity contribution in [2.45, 2.75) is 24.5 Å². The predicted molar refractivity (Wildman–Crippen MR) is 140 cm³/mol. The van der Waals surface area contributed by atoms with Crippen LogP contribution in [0.1, 0.15) is 29.5 Å². The molecule has 0 spiro atoms. The van der Waals surface area contributed by atoms with E-state index in [9.17, 15) is 9.90 Å². The number of hydrogen-bond acceptors (Lipinski definition) is 6. The van der Waals surface area contributed by atoms with Crippen LogP contribution in [-0.4, -0.2) is 56.8 Å². The molecule has 194 valence electrons. The van der Waals surface area contributed by atoms with E-state index in [1.807, 2.05) is 78.9 Å². The number of hydrogen-bond donors (Lipinski definition) is 4. The van der Waals surface area contributed by atoms with Crippen molar-refractivity contribution in [3.8, 4) is 11.5 Å². The number of carbonyl (C=O) groups is 1. The predicted octanol–water partition coefficient (Wildman–Crippen LogP) is 4.00. The van der Waals surface area contributed by atoms with Crippen LogP contribution in [0, 0.1) is 0 Å². The molecule has 0 aromatic heterocycles. The Morgan fingerprint density at radius 3 is 1.75 bits per heavy atom. The van der Waals surface area contributed by atoms with Gasteiger partial charge in [-0.1, -0.05) is 54.6 Å². The summed E-state index contributed by atoms with van der Waals surface area (Å²) >= 11 is 0. The standard InChI is InChI=1S/C27H31NO6.CH5N/c1-32-24-12-8-21(9-13-24)27(20-6-4-3-5-7-20,22-10-14-25(33-2)15-11-22)34-19-17-23(29)16-18-28-26(30)31;1-2/h3-15,23,28-29H,16-19H2,1-2H3,(H,30,31);2H2,1H3. The second-order valence-electron chi connectivity index (χ2n) is 7.82. The van der Waals surface area contributed by atoms with Gasteiger partial charge in [-0.15, -0.1) is 0 Å². The first-order chi connectivity index (χ1) is 17.5. The third kappa shape index (κ3) is 7.45. The van der Waals surface area contributed by atoms with Crippen molar-refractivity contribution in [3.05, 3.63) is 95.6 Å². The Hall–Kier alpha value is -3.59. The van der Waals surface area contributed by atoms with Crippen molar-refractivity contribution in [2.75, 3.05) is 34.4 Å². The van der Waals surface area contributed by atoms with Gasteiger partial charge in [0, 0.05) is 6.54 Å². The fourth-order valence-electron chi connectivity index (χ4n) is 3.91. The SMILES string of the molecule is CN.COc1ccc(C(OCCC(O)CCNC(=O)O)(c2ccccc2)c2ccc(OC)cc2)cc1. The van der Waals surface area contributed by atoms with E-state index in [1.165, 1.54) is 7.05 Å². The van der Waals surface area contributed by atoms with Crippen LogP contribution in [0.5, 0.6) is 11.5 Å². The molecule has 0 bridgehead atoms. The molecule has 0 aliphatic carbocycles. The first-order valence-corrected chi connectivity index (χ1v) is 11.7. The van der Waals surface area contributed by atoms with E-state index >= 15 is 0 Å². The fraction of sp³-hybridized carbons (Fsp3) is 0.321. The summed E-state index contributed by atoms with van der Waals surface area (Å²) in [6, 6.07) is 25.4. The average Bonchev–Trinajstić information content (AvgIpc) is 2.93. The molecule has 36 heavy (non-hydrogen) atoms. The van der Waals surface area contributed by atoms with E-state index < -0.39 is 17.8 Å². The molecule has 8 heteroatoms. The number of amides is 1. The average molecular weight is 497 g/mol. The molecule has 3 rings (SSSR count). The lowest BCUT2D eigenvalue weighted by molar-refractivity contribution is -0.00619. The normalized spacial score (nSPS) is 11.6. The maximum atomic E-state index is 10.7. The van der Waals surface area contributed by atoms with Crippen LogP contribution in [0.25, 0.3) is 0 Å². The lowest BCUT2D eigenvalue weighted by Gasteiger charge is -2.36. The molecule has 1 amide bonds. The summed E-state index contributed by atoms with van der Waals surface area (Å²) in [6.07, 6.45) is -1.15. The number of rotatable bonds is 12. The first kappa shape index (κ1) is 28.6. The number of aliphatic hydroxyl groups excluding tert-OH is 1. The molecule has 0 aliphatic rings. The molecule has 0 fully saturated rings. The van der Waals surface area contributed by atoms with Gasteiger partial charge < -0.3 is 35.5 Å². The van der Waals surface area contributed by atoms with E-state index in [0.717, 1.165) is 28.2 Å². The highest BCUT2D eigenvalue weighted by Crippen LogP contribution is 2.41. The Balaban J connectivity index is 0.00000222. The summed E-state index contributed by atoms with van der Waals surface area (Å²) in [5, 5.41) is 21.4. The molecule has 0 aliphatic heterocycles. The quantitative estimate of drug-likeness (QED) is 0.280. The second kappa shape index (κ2) is 14.7. The van der Waals surface area contributed by atoms with Gasteiger partial charge in [-0.05, 0) is 60.8 Å². The molecule has 8 nitrogen and oxygen atoms in total. The molecule has 1 unspecified atom stereocenters. The molecule has 0 saturated carbocycles. The lowest BCUT2D eigenvalue weighted by atomic mass is 9.80. The van der Waals surface area contributed by atoms with Crippen LogP contribution in [0.2, 0.25) is 0 Å². The number of carboxylic acid groups (broad SMARTS) is 1. The van der Waals surface area contributed by atoms with Gasteiger partial charge in [-0.3, -0.25) is 0 Å². The van der Waals surface area contributed by atoms with Gasteiger partial charge in [0.05, 0.1) is 26.9 Å². The lowest BCUT2D eigenvalue weighted by Crippen LogP contribution is -2.34. The van der Waals surface area contributed by atoms with Gasteiger partial charge in [0.15, 0.2) is 0 Å². The van der Waals surface area contributed by atoms with Crippen molar-refractivity contribution in [3.63, 3.8) is 0 Å². The van der Waals surface area contributed by atoms with Gasteiger partial charge in [-0.25, -0.2) is 4.79 Å². The maximum Gasteiger partial charge on any atom is 0.404 e. The summed E-state index contributed by atoms with van der Waals surface area (Å²) in [4.78, 5) is 10.7. The minimum absolute atomic E-state index is 0.178. The molecule has 3 aromatic carbocycles. The van der Waals surface area contributed by atoms with E-state index in [2.05, 4.69) is 11.1 Å². The number of nitrogens with two attached hydrogens (primary N) is 1. The van der Waals surface area contributed by atoms with Crippen LogP contribution in [0.3, 0.4) is 0 Å². The van der Waals surface area contributed by atoms with E-state index in [0.29, 0.717) is 12.8 Å². The minimum atomic E-state index is -1.11. The van der Waals surface area contributed by atoms with Gasteiger partial charge in [0.1, 0.15) is 17.1 Å². The fourth-order valence-corrected chi connectivity index (χ4v) is 3.91. The zero-order valence-corrected chi connectivity index (χ0v) is 21.0. The highest BCUT2D eigenvalue weighted by molar-refractivity contribution is 5.64. The Morgan fingerprint density at radius 1 is 0.833 bits per heavy atom. The first-order valence-electron chi connectivity index (χ1n) is 11.7. The van der Waals surface area contributed by atoms with Crippen LogP contribution in [0.4, 0.5) is 4.79 Å². The zero-order chi connectivity index (χ0) is 26.4. The molecule has 3 aromatic rings. The highest BCUT2D eigenvalue weighted by Gasteiger charge is 2.37.